The van der Waals surface area contributed by atoms with E-state index in [0.717, 1.165) is 42.5 Å². The molecule has 0 saturated heterocycles. The second kappa shape index (κ2) is 7.17. The lowest BCUT2D eigenvalue weighted by Gasteiger charge is -2.38. The summed E-state index contributed by atoms with van der Waals surface area (Å²) in [5.74, 6) is -0.115. The summed E-state index contributed by atoms with van der Waals surface area (Å²) in [6.07, 6.45) is 4.95. The van der Waals surface area contributed by atoms with Gasteiger partial charge in [0, 0.05) is 16.1 Å². The van der Waals surface area contributed by atoms with Gasteiger partial charge in [-0.05, 0) is 56.9 Å². The molecule has 0 atom stereocenters. The highest BCUT2D eigenvalue weighted by Crippen LogP contribution is 2.41. The number of thiocarbonyl (C=S) groups is 1. The Morgan fingerprint density at radius 2 is 1.85 bits per heavy atom. The molecule has 0 N–H and O–H groups in total. The number of aliphatic imine (C=N–C) groups is 1. The molecule has 0 unspecified atom stereocenters. The molecule has 1 aliphatic carbocycles. The Balaban J connectivity index is 1.79. The van der Waals surface area contributed by atoms with Gasteiger partial charge in [0.1, 0.15) is 16.4 Å². The van der Waals surface area contributed by atoms with E-state index in [1.165, 1.54) is 6.42 Å². The minimum atomic E-state index is -0.562. The van der Waals surface area contributed by atoms with E-state index in [4.69, 9.17) is 28.8 Å². The van der Waals surface area contributed by atoms with Crippen molar-refractivity contribution in [3.63, 3.8) is 0 Å². The zero-order valence-electron chi connectivity index (χ0n) is 15.2. The quantitative estimate of drug-likeness (QED) is 0.620. The summed E-state index contributed by atoms with van der Waals surface area (Å²) in [5.41, 5.74) is 2.87. The van der Waals surface area contributed by atoms with Crippen LogP contribution in [-0.2, 0) is 0 Å². The van der Waals surface area contributed by atoms with E-state index < -0.39 is 5.66 Å². The summed E-state index contributed by atoms with van der Waals surface area (Å²) >= 11 is 11.9. The van der Waals surface area contributed by atoms with E-state index in [0.29, 0.717) is 15.6 Å². The van der Waals surface area contributed by atoms with Crippen LogP contribution in [0.2, 0.25) is 5.02 Å². The number of aryl methyl sites for hydroxylation is 1. The number of hydrogen-bond donors (Lipinski definition) is 0. The monoisotopic (exact) mass is 396 g/mol. The number of amides is 1. The standard InChI is InChI=1S/C22H21ClN2OS/c1-15-7-5-8-16(13-15)19-21(27)25(22(24-19)11-3-2-4-12-22)20(26)17-9-6-10-18(23)14-17/h5-10,13-14H,2-4,11-12H2,1H3. The summed E-state index contributed by atoms with van der Waals surface area (Å²) < 4.78 is 0. The van der Waals surface area contributed by atoms with Crippen LogP contribution in [0, 0.1) is 6.92 Å². The van der Waals surface area contributed by atoms with Gasteiger partial charge in [-0.3, -0.25) is 14.7 Å². The zero-order chi connectivity index (χ0) is 19.0. The van der Waals surface area contributed by atoms with Gasteiger partial charge in [-0.15, -0.1) is 0 Å². The van der Waals surface area contributed by atoms with Crippen molar-refractivity contribution in [1.82, 2.24) is 4.90 Å². The molecule has 27 heavy (non-hydrogen) atoms. The fourth-order valence-corrected chi connectivity index (χ4v) is 4.67. The van der Waals surface area contributed by atoms with Crippen molar-refractivity contribution in [3.8, 4) is 0 Å². The predicted molar refractivity (Wildman–Crippen MR) is 114 cm³/mol. The van der Waals surface area contributed by atoms with Crippen LogP contribution in [0.5, 0.6) is 0 Å². The highest BCUT2D eigenvalue weighted by atomic mass is 35.5. The molecule has 3 nitrogen and oxygen atoms in total. The van der Waals surface area contributed by atoms with Crippen molar-refractivity contribution in [2.24, 2.45) is 4.99 Å². The third-order valence-electron chi connectivity index (χ3n) is 5.36. The molecule has 2 aromatic carbocycles. The molecule has 0 radical (unpaired) electrons. The van der Waals surface area contributed by atoms with E-state index in [9.17, 15) is 4.79 Å². The van der Waals surface area contributed by atoms with Gasteiger partial charge in [0.05, 0.1) is 0 Å². The Morgan fingerprint density at radius 1 is 1.11 bits per heavy atom. The SMILES string of the molecule is Cc1cccc(C2=NC3(CCCCC3)N(C(=O)c3cccc(Cl)c3)C2=S)c1. The van der Waals surface area contributed by atoms with Crippen molar-refractivity contribution in [2.45, 2.75) is 44.7 Å². The van der Waals surface area contributed by atoms with Crippen LogP contribution in [0.4, 0.5) is 0 Å². The maximum Gasteiger partial charge on any atom is 0.261 e. The highest BCUT2D eigenvalue weighted by molar-refractivity contribution is 7.82. The lowest BCUT2D eigenvalue weighted by atomic mass is 9.88. The summed E-state index contributed by atoms with van der Waals surface area (Å²) in [5, 5.41) is 0.545. The topological polar surface area (TPSA) is 32.7 Å². The number of carbonyl (C=O) groups excluding carboxylic acids is 1. The van der Waals surface area contributed by atoms with Gasteiger partial charge in [0.2, 0.25) is 0 Å². The molecule has 5 heteroatoms. The predicted octanol–water partition coefficient (Wildman–Crippen LogP) is 5.58. The van der Waals surface area contributed by atoms with Gasteiger partial charge in [0.25, 0.3) is 5.91 Å². The number of nitrogens with zero attached hydrogens (tertiary/aromatic N) is 2. The Morgan fingerprint density at radius 3 is 2.56 bits per heavy atom. The Hall–Kier alpha value is -2.04. The first-order chi connectivity index (χ1) is 13.0. The third kappa shape index (κ3) is 3.32. The highest BCUT2D eigenvalue weighted by Gasteiger charge is 2.48. The summed E-state index contributed by atoms with van der Waals surface area (Å²) in [4.78, 5) is 20.8. The lowest BCUT2D eigenvalue weighted by molar-refractivity contribution is 0.0648. The lowest BCUT2D eigenvalue weighted by Crippen LogP contribution is -2.50. The molecule has 0 bridgehead atoms. The third-order valence-corrected chi connectivity index (χ3v) is 5.97. The normalized spacial score (nSPS) is 18.7. The molecule has 2 aliphatic rings. The molecule has 1 aliphatic heterocycles. The Labute approximate surface area is 170 Å². The second-order valence-electron chi connectivity index (χ2n) is 7.33. The molecule has 4 rings (SSSR count). The van der Waals surface area contributed by atoms with Crippen molar-refractivity contribution in [1.29, 1.82) is 0 Å². The smallest absolute Gasteiger partial charge is 0.261 e. The van der Waals surface area contributed by atoms with Crippen molar-refractivity contribution in [2.75, 3.05) is 0 Å². The maximum absolute atomic E-state index is 13.4. The first kappa shape index (κ1) is 18.3. The van der Waals surface area contributed by atoms with E-state index in [-0.39, 0.29) is 5.91 Å². The molecule has 138 valence electrons. The molecule has 2 aromatic rings. The molecule has 1 saturated carbocycles. The number of hydrogen-bond acceptors (Lipinski definition) is 3. The van der Waals surface area contributed by atoms with E-state index in [1.807, 2.05) is 25.1 Å². The average Bonchev–Trinajstić information content (AvgIpc) is 2.93. The Bertz CT molecular complexity index is 947. The van der Waals surface area contributed by atoms with Gasteiger partial charge < -0.3 is 0 Å². The number of benzene rings is 2. The molecule has 1 spiro atoms. The number of halogens is 1. The minimum Gasteiger partial charge on any atom is -0.271 e. The first-order valence-corrected chi connectivity index (χ1v) is 10.1. The van der Waals surface area contributed by atoms with E-state index in [2.05, 4.69) is 6.07 Å². The largest absolute Gasteiger partial charge is 0.271 e. The van der Waals surface area contributed by atoms with E-state index in [1.54, 1.807) is 29.2 Å². The van der Waals surface area contributed by atoms with Crippen LogP contribution >= 0.6 is 23.8 Å². The van der Waals surface area contributed by atoms with Crippen LogP contribution in [0.1, 0.15) is 53.6 Å². The number of rotatable bonds is 2. The second-order valence-corrected chi connectivity index (χ2v) is 8.15. The summed E-state index contributed by atoms with van der Waals surface area (Å²) in [6, 6.07) is 15.2. The molecule has 0 aromatic heterocycles. The average molecular weight is 397 g/mol. The molecular formula is C22H21ClN2OS. The van der Waals surface area contributed by atoms with Crippen molar-refractivity contribution >= 4 is 40.4 Å². The van der Waals surface area contributed by atoms with Crippen LogP contribution in [0.3, 0.4) is 0 Å². The van der Waals surface area contributed by atoms with Crippen molar-refractivity contribution in [3.05, 3.63) is 70.2 Å². The zero-order valence-corrected chi connectivity index (χ0v) is 16.8. The Kier molecular flexibility index (Phi) is 4.87. The summed E-state index contributed by atoms with van der Waals surface area (Å²) in [7, 11) is 0. The van der Waals surface area contributed by atoms with Gasteiger partial charge >= 0.3 is 0 Å². The van der Waals surface area contributed by atoms with E-state index >= 15 is 0 Å². The summed E-state index contributed by atoms with van der Waals surface area (Å²) in [6.45, 7) is 2.05. The minimum absolute atomic E-state index is 0.115. The molecule has 1 heterocycles. The van der Waals surface area contributed by atoms with Gasteiger partial charge in [-0.25, -0.2) is 0 Å². The molecular weight excluding hydrogens is 376 g/mol. The first-order valence-electron chi connectivity index (χ1n) is 9.32. The molecule has 1 fully saturated rings. The van der Waals surface area contributed by atoms with Gasteiger partial charge in [-0.1, -0.05) is 60.1 Å². The fourth-order valence-electron chi connectivity index (χ4n) is 4.07. The van der Waals surface area contributed by atoms with Gasteiger partial charge in [0.15, 0.2) is 0 Å². The van der Waals surface area contributed by atoms with Crippen LogP contribution in [0.25, 0.3) is 0 Å². The maximum atomic E-state index is 13.4. The fraction of sp³-hybridized carbons (Fsp3) is 0.318. The van der Waals surface area contributed by atoms with Gasteiger partial charge in [-0.2, -0.15) is 0 Å². The number of carbonyl (C=O) groups is 1. The van der Waals surface area contributed by atoms with Crippen LogP contribution < -0.4 is 0 Å². The molecule has 1 amide bonds. The van der Waals surface area contributed by atoms with Crippen molar-refractivity contribution < 1.29 is 4.79 Å². The van der Waals surface area contributed by atoms with Crippen LogP contribution in [0.15, 0.2) is 53.5 Å². The van der Waals surface area contributed by atoms with Crippen LogP contribution in [-0.4, -0.2) is 27.2 Å².